The summed E-state index contributed by atoms with van der Waals surface area (Å²) in [5.41, 5.74) is 1.90. The van der Waals surface area contributed by atoms with Gasteiger partial charge in [-0.3, -0.25) is 0 Å². The molecule has 2 N–H and O–H groups in total. The molecular weight excluding hydrogens is 196 g/mol. The fourth-order valence-electron chi connectivity index (χ4n) is 3.34. The van der Waals surface area contributed by atoms with E-state index in [-0.39, 0.29) is 0 Å². The Morgan fingerprint density at radius 3 is 2.44 bits per heavy atom. The van der Waals surface area contributed by atoms with Crippen LogP contribution in [0.2, 0.25) is 0 Å². The highest BCUT2D eigenvalue weighted by molar-refractivity contribution is 4.97. The molecule has 1 fully saturated rings. The minimum Gasteiger partial charge on any atom is -0.388 e. The van der Waals surface area contributed by atoms with Crippen molar-refractivity contribution in [3.8, 4) is 0 Å². The Kier molecular flexibility index (Phi) is 4.06. The van der Waals surface area contributed by atoms with Gasteiger partial charge in [0.25, 0.3) is 0 Å². The minimum absolute atomic E-state index is 0.383. The van der Waals surface area contributed by atoms with Crippen LogP contribution in [-0.4, -0.2) is 19.6 Å². The summed E-state index contributed by atoms with van der Waals surface area (Å²) in [6, 6.07) is 0.653. The third-order valence-corrected chi connectivity index (χ3v) is 3.67. The Balaban J connectivity index is 2.66. The van der Waals surface area contributed by atoms with Crippen LogP contribution in [0.5, 0.6) is 0 Å². The van der Waals surface area contributed by atoms with Gasteiger partial charge in [0.05, 0.1) is 0 Å². The van der Waals surface area contributed by atoms with E-state index in [9.17, 15) is 0 Å². The zero-order chi connectivity index (χ0) is 12.4. The van der Waals surface area contributed by atoms with Crippen LogP contribution in [-0.2, 0) is 0 Å². The van der Waals surface area contributed by atoms with E-state index < -0.39 is 0 Å². The van der Waals surface area contributed by atoms with Crippen LogP contribution < -0.4 is 10.6 Å². The van der Waals surface area contributed by atoms with Crippen LogP contribution in [0.15, 0.2) is 12.3 Å². The van der Waals surface area contributed by atoms with Gasteiger partial charge in [-0.2, -0.15) is 0 Å². The van der Waals surface area contributed by atoms with E-state index >= 15 is 0 Å². The van der Waals surface area contributed by atoms with Gasteiger partial charge in [0.15, 0.2) is 0 Å². The Labute approximate surface area is 101 Å². The fourth-order valence-corrected chi connectivity index (χ4v) is 3.34. The first kappa shape index (κ1) is 13.6. The molecule has 2 unspecified atom stereocenters. The van der Waals surface area contributed by atoms with Gasteiger partial charge in [-0.25, -0.2) is 0 Å². The molecule has 0 aromatic rings. The second-order valence-corrected chi connectivity index (χ2v) is 6.68. The second-order valence-electron chi connectivity index (χ2n) is 6.68. The van der Waals surface area contributed by atoms with E-state index in [4.69, 9.17) is 0 Å². The summed E-state index contributed by atoms with van der Waals surface area (Å²) in [7, 11) is 2.08. The predicted octanol–water partition coefficient (Wildman–Crippen LogP) is 2.91. The van der Waals surface area contributed by atoms with Gasteiger partial charge >= 0.3 is 0 Å². The molecule has 0 bridgehead atoms. The van der Waals surface area contributed by atoms with Gasteiger partial charge < -0.3 is 10.6 Å². The molecule has 1 rings (SSSR count). The lowest BCUT2D eigenvalue weighted by Gasteiger charge is -2.47. The molecule has 1 aliphatic rings. The molecule has 1 aliphatic carbocycles. The van der Waals surface area contributed by atoms with E-state index in [2.05, 4.69) is 45.0 Å². The molecule has 0 amide bonds. The van der Waals surface area contributed by atoms with Crippen LogP contribution in [0.1, 0.15) is 47.0 Å². The number of allylic oxidation sites excluding steroid dienone is 1. The average molecular weight is 224 g/mol. The summed E-state index contributed by atoms with van der Waals surface area (Å²) >= 11 is 0. The van der Waals surface area contributed by atoms with Crippen LogP contribution in [0.25, 0.3) is 0 Å². The standard InChI is InChI=1S/C14H28N2/c1-11(2)16-10-14(5)8-12(15-6)7-13(3,4)9-14/h12,15-16H,1,7-10H2,2-6H3. The van der Waals surface area contributed by atoms with Gasteiger partial charge in [0.2, 0.25) is 0 Å². The van der Waals surface area contributed by atoms with Crippen molar-refractivity contribution in [2.45, 2.75) is 53.0 Å². The molecular formula is C14H28N2. The van der Waals surface area contributed by atoms with Crippen molar-refractivity contribution in [2.24, 2.45) is 10.8 Å². The van der Waals surface area contributed by atoms with Crippen LogP contribution >= 0.6 is 0 Å². The first-order chi connectivity index (χ1) is 7.26. The summed E-state index contributed by atoms with van der Waals surface area (Å²) in [5.74, 6) is 0. The molecule has 94 valence electrons. The normalized spacial score (nSPS) is 33.4. The molecule has 2 heteroatoms. The molecule has 0 aromatic heterocycles. The minimum atomic E-state index is 0.383. The largest absolute Gasteiger partial charge is 0.388 e. The number of hydrogen-bond acceptors (Lipinski definition) is 2. The highest BCUT2D eigenvalue weighted by Gasteiger charge is 2.40. The van der Waals surface area contributed by atoms with Gasteiger partial charge in [0, 0.05) is 18.3 Å². The number of hydrogen-bond donors (Lipinski definition) is 2. The molecule has 0 radical (unpaired) electrons. The quantitative estimate of drug-likeness (QED) is 0.767. The summed E-state index contributed by atoms with van der Waals surface area (Å²) in [6.07, 6.45) is 3.83. The van der Waals surface area contributed by atoms with E-state index in [1.165, 1.54) is 19.3 Å². The second kappa shape index (κ2) is 4.79. The van der Waals surface area contributed by atoms with Crippen molar-refractivity contribution >= 4 is 0 Å². The Bertz CT molecular complexity index is 257. The fraction of sp³-hybridized carbons (Fsp3) is 0.857. The van der Waals surface area contributed by atoms with Crippen molar-refractivity contribution in [2.75, 3.05) is 13.6 Å². The van der Waals surface area contributed by atoms with Crippen molar-refractivity contribution in [1.29, 1.82) is 0 Å². The summed E-state index contributed by atoms with van der Waals surface area (Å²) in [6.45, 7) is 14.2. The average Bonchev–Trinajstić information content (AvgIpc) is 2.12. The summed E-state index contributed by atoms with van der Waals surface area (Å²) in [4.78, 5) is 0. The smallest absolute Gasteiger partial charge is 0.0198 e. The lowest BCUT2D eigenvalue weighted by molar-refractivity contribution is 0.0749. The highest BCUT2D eigenvalue weighted by Crippen LogP contribution is 2.45. The highest BCUT2D eigenvalue weighted by atomic mass is 14.9. The van der Waals surface area contributed by atoms with E-state index in [0.717, 1.165) is 12.2 Å². The first-order valence-corrected chi connectivity index (χ1v) is 6.33. The maximum Gasteiger partial charge on any atom is 0.0198 e. The molecule has 0 aliphatic heterocycles. The van der Waals surface area contributed by atoms with E-state index in [1.807, 2.05) is 6.92 Å². The van der Waals surface area contributed by atoms with Crippen molar-refractivity contribution < 1.29 is 0 Å². The van der Waals surface area contributed by atoms with Crippen LogP contribution in [0, 0.1) is 10.8 Å². The van der Waals surface area contributed by atoms with Crippen molar-refractivity contribution in [3.63, 3.8) is 0 Å². The van der Waals surface area contributed by atoms with Crippen LogP contribution in [0.3, 0.4) is 0 Å². The SMILES string of the molecule is C=C(C)NCC1(C)CC(NC)CC(C)(C)C1. The lowest BCUT2D eigenvalue weighted by atomic mass is 9.62. The summed E-state index contributed by atoms with van der Waals surface area (Å²) < 4.78 is 0. The molecule has 0 heterocycles. The molecule has 0 saturated heterocycles. The van der Waals surface area contributed by atoms with Gasteiger partial charge in [-0.1, -0.05) is 27.4 Å². The van der Waals surface area contributed by atoms with Gasteiger partial charge in [-0.15, -0.1) is 0 Å². The number of rotatable bonds is 4. The lowest BCUT2D eigenvalue weighted by Crippen LogP contribution is -2.47. The third kappa shape index (κ3) is 3.82. The number of nitrogens with one attached hydrogen (secondary N) is 2. The maximum atomic E-state index is 3.92. The topological polar surface area (TPSA) is 24.1 Å². The van der Waals surface area contributed by atoms with Gasteiger partial charge in [-0.05, 0) is 44.1 Å². The predicted molar refractivity (Wildman–Crippen MR) is 71.4 cm³/mol. The summed E-state index contributed by atoms with van der Waals surface area (Å²) in [5, 5.41) is 6.87. The molecule has 0 spiro atoms. The van der Waals surface area contributed by atoms with Crippen molar-refractivity contribution in [3.05, 3.63) is 12.3 Å². The first-order valence-electron chi connectivity index (χ1n) is 6.33. The molecule has 16 heavy (non-hydrogen) atoms. The van der Waals surface area contributed by atoms with Crippen molar-refractivity contribution in [1.82, 2.24) is 10.6 Å². The molecule has 2 atom stereocenters. The third-order valence-electron chi connectivity index (χ3n) is 3.67. The zero-order valence-corrected chi connectivity index (χ0v) is 11.6. The van der Waals surface area contributed by atoms with Gasteiger partial charge in [0.1, 0.15) is 0 Å². The van der Waals surface area contributed by atoms with Crippen LogP contribution in [0.4, 0.5) is 0 Å². The zero-order valence-electron chi connectivity index (χ0n) is 11.6. The molecule has 2 nitrogen and oxygen atoms in total. The Hall–Kier alpha value is -0.500. The maximum absolute atomic E-state index is 3.92. The van der Waals surface area contributed by atoms with E-state index in [1.54, 1.807) is 0 Å². The Morgan fingerprint density at radius 1 is 1.31 bits per heavy atom. The van der Waals surface area contributed by atoms with E-state index in [0.29, 0.717) is 16.9 Å². The Morgan fingerprint density at radius 2 is 1.94 bits per heavy atom. The molecule has 0 aromatic carbocycles. The molecule has 1 saturated carbocycles. The monoisotopic (exact) mass is 224 g/mol.